The quantitative estimate of drug-likeness (QED) is 0.839. The molecule has 0 saturated carbocycles. The van der Waals surface area contributed by atoms with Crippen LogP contribution in [-0.2, 0) is 4.79 Å². The molecule has 1 aliphatic heterocycles. The fourth-order valence-corrected chi connectivity index (χ4v) is 3.27. The molecule has 134 valence electrons. The lowest BCUT2D eigenvalue weighted by atomic mass is 10.1. The molecule has 1 saturated heterocycles. The van der Waals surface area contributed by atoms with Crippen LogP contribution >= 0.6 is 0 Å². The van der Waals surface area contributed by atoms with Gasteiger partial charge in [0.15, 0.2) is 0 Å². The van der Waals surface area contributed by atoms with Crippen LogP contribution in [0.2, 0.25) is 0 Å². The smallest absolute Gasteiger partial charge is 0.236 e. The number of nitrogens with zero attached hydrogens (tertiary/aromatic N) is 5. The molecule has 1 aromatic carbocycles. The van der Waals surface area contributed by atoms with E-state index in [0.29, 0.717) is 6.54 Å². The largest absolute Gasteiger partial charge is 0.342 e. The monoisotopic (exact) mass is 341 g/mol. The normalized spacial score (nSPS) is 16.7. The molecule has 1 unspecified atom stereocenters. The summed E-state index contributed by atoms with van der Waals surface area (Å²) in [4.78, 5) is 20.7. The van der Waals surface area contributed by atoms with E-state index >= 15 is 0 Å². The highest BCUT2D eigenvalue weighted by Gasteiger charge is 2.20. The second-order valence-corrected chi connectivity index (χ2v) is 6.82. The van der Waals surface area contributed by atoms with E-state index in [1.54, 1.807) is 11.0 Å². The van der Waals surface area contributed by atoms with Gasteiger partial charge in [-0.05, 0) is 44.5 Å². The lowest BCUT2D eigenvalue weighted by molar-refractivity contribution is -0.132. The van der Waals surface area contributed by atoms with Gasteiger partial charge in [0.1, 0.15) is 12.7 Å². The molecule has 1 aliphatic rings. The number of hydrogen-bond donors (Lipinski definition) is 0. The van der Waals surface area contributed by atoms with Crippen molar-refractivity contribution in [1.82, 2.24) is 24.6 Å². The first-order valence-electron chi connectivity index (χ1n) is 9.08. The maximum Gasteiger partial charge on any atom is 0.236 e. The number of likely N-dealkylation sites (tertiary alicyclic amines) is 1. The van der Waals surface area contributed by atoms with Crippen LogP contribution in [0.4, 0.5) is 0 Å². The Morgan fingerprint density at radius 2 is 1.84 bits per heavy atom. The maximum atomic E-state index is 12.6. The average molecular weight is 341 g/mol. The fraction of sp³-hybridized carbons (Fsp3) is 0.526. The summed E-state index contributed by atoms with van der Waals surface area (Å²) in [6.45, 7) is 4.42. The first kappa shape index (κ1) is 17.6. The molecule has 6 heteroatoms. The van der Waals surface area contributed by atoms with Crippen LogP contribution in [0.3, 0.4) is 0 Å². The highest BCUT2D eigenvalue weighted by atomic mass is 16.2. The Kier molecular flexibility index (Phi) is 5.81. The zero-order valence-electron chi connectivity index (χ0n) is 15.1. The van der Waals surface area contributed by atoms with Gasteiger partial charge in [0.05, 0.1) is 12.2 Å². The van der Waals surface area contributed by atoms with Crippen molar-refractivity contribution in [2.75, 3.05) is 26.7 Å². The Labute approximate surface area is 149 Å². The number of benzene rings is 1. The summed E-state index contributed by atoms with van der Waals surface area (Å²) in [5.74, 6) is 0.246. The topological polar surface area (TPSA) is 54.3 Å². The SMILES string of the molecule is CC(c1ccc(-n2cncn2)cc1)N(C)CC(=O)N1CCCCCC1. The molecule has 1 atom stereocenters. The Bertz CT molecular complexity index is 660. The molecule has 1 amide bonds. The van der Waals surface area contributed by atoms with Gasteiger partial charge in [-0.1, -0.05) is 25.0 Å². The molecule has 0 spiro atoms. The van der Waals surface area contributed by atoms with E-state index in [9.17, 15) is 4.79 Å². The maximum absolute atomic E-state index is 12.6. The van der Waals surface area contributed by atoms with Crippen molar-refractivity contribution >= 4 is 5.91 Å². The Morgan fingerprint density at radius 3 is 2.44 bits per heavy atom. The number of carbonyl (C=O) groups excluding carboxylic acids is 1. The molecule has 6 nitrogen and oxygen atoms in total. The fourth-order valence-electron chi connectivity index (χ4n) is 3.27. The standard InChI is InChI=1S/C19H27N5O/c1-16(17-7-9-18(10-8-17)24-15-20-14-21-24)22(2)13-19(25)23-11-5-3-4-6-12-23/h7-10,14-16H,3-6,11-13H2,1-2H3. The second-order valence-electron chi connectivity index (χ2n) is 6.82. The summed E-state index contributed by atoms with van der Waals surface area (Å²) < 4.78 is 1.74. The van der Waals surface area contributed by atoms with Crippen LogP contribution in [-0.4, -0.2) is 57.2 Å². The summed E-state index contributed by atoms with van der Waals surface area (Å²) in [7, 11) is 2.02. The van der Waals surface area contributed by atoms with Gasteiger partial charge in [-0.2, -0.15) is 5.10 Å². The molecule has 0 radical (unpaired) electrons. The summed E-state index contributed by atoms with van der Waals surface area (Å²) in [6, 6.07) is 8.43. The Morgan fingerprint density at radius 1 is 1.16 bits per heavy atom. The highest BCUT2D eigenvalue weighted by Crippen LogP contribution is 2.20. The van der Waals surface area contributed by atoms with E-state index in [0.717, 1.165) is 31.6 Å². The van der Waals surface area contributed by atoms with E-state index in [1.165, 1.54) is 24.7 Å². The first-order chi connectivity index (χ1) is 12.1. The lowest BCUT2D eigenvalue weighted by Gasteiger charge is -2.28. The Hall–Kier alpha value is -2.21. The summed E-state index contributed by atoms with van der Waals surface area (Å²) in [5, 5.41) is 4.14. The lowest BCUT2D eigenvalue weighted by Crippen LogP contribution is -2.40. The van der Waals surface area contributed by atoms with E-state index in [-0.39, 0.29) is 11.9 Å². The third-order valence-corrected chi connectivity index (χ3v) is 5.06. The molecule has 2 heterocycles. The number of aromatic nitrogens is 3. The Balaban J connectivity index is 1.59. The third kappa shape index (κ3) is 4.45. The second kappa shape index (κ2) is 8.25. The highest BCUT2D eigenvalue weighted by molar-refractivity contribution is 5.78. The molecule has 0 aliphatic carbocycles. The first-order valence-corrected chi connectivity index (χ1v) is 9.08. The molecular formula is C19H27N5O. The van der Waals surface area contributed by atoms with Gasteiger partial charge in [0.25, 0.3) is 0 Å². The minimum absolute atomic E-state index is 0.181. The van der Waals surface area contributed by atoms with E-state index in [1.807, 2.05) is 24.1 Å². The van der Waals surface area contributed by atoms with E-state index in [2.05, 4.69) is 34.0 Å². The predicted molar refractivity (Wildman–Crippen MR) is 97.5 cm³/mol. The molecule has 2 aromatic rings. The molecule has 1 fully saturated rings. The van der Waals surface area contributed by atoms with Crippen molar-refractivity contribution in [3.05, 3.63) is 42.5 Å². The predicted octanol–water partition coefficient (Wildman–Crippen LogP) is 2.66. The summed E-state index contributed by atoms with van der Waals surface area (Å²) in [6.07, 6.45) is 7.97. The summed E-state index contributed by atoms with van der Waals surface area (Å²) >= 11 is 0. The van der Waals surface area contributed by atoms with Crippen LogP contribution < -0.4 is 0 Å². The van der Waals surface area contributed by atoms with E-state index in [4.69, 9.17) is 0 Å². The minimum atomic E-state index is 0.181. The van der Waals surface area contributed by atoms with Crippen LogP contribution in [0.25, 0.3) is 5.69 Å². The van der Waals surface area contributed by atoms with Gasteiger partial charge in [0.2, 0.25) is 5.91 Å². The number of carbonyl (C=O) groups is 1. The van der Waals surface area contributed by atoms with Gasteiger partial charge in [-0.15, -0.1) is 0 Å². The van der Waals surface area contributed by atoms with Gasteiger partial charge in [-0.25, -0.2) is 9.67 Å². The van der Waals surface area contributed by atoms with Crippen LogP contribution in [0.15, 0.2) is 36.9 Å². The van der Waals surface area contributed by atoms with Crippen molar-refractivity contribution in [3.8, 4) is 5.69 Å². The zero-order chi connectivity index (χ0) is 17.6. The van der Waals surface area contributed by atoms with Crippen molar-refractivity contribution < 1.29 is 4.79 Å². The van der Waals surface area contributed by atoms with Gasteiger partial charge in [-0.3, -0.25) is 9.69 Å². The van der Waals surface area contributed by atoms with Crippen molar-refractivity contribution in [3.63, 3.8) is 0 Å². The molecular weight excluding hydrogens is 314 g/mol. The number of likely N-dealkylation sites (N-methyl/N-ethyl adjacent to an activating group) is 1. The van der Waals surface area contributed by atoms with Crippen molar-refractivity contribution in [1.29, 1.82) is 0 Å². The molecule has 0 N–H and O–H groups in total. The third-order valence-electron chi connectivity index (χ3n) is 5.06. The van der Waals surface area contributed by atoms with Gasteiger partial charge in [0, 0.05) is 19.1 Å². The van der Waals surface area contributed by atoms with Crippen LogP contribution in [0.5, 0.6) is 0 Å². The van der Waals surface area contributed by atoms with Crippen LogP contribution in [0, 0.1) is 0 Å². The molecule has 3 rings (SSSR count). The van der Waals surface area contributed by atoms with Crippen molar-refractivity contribution in [2.45, 2.75) is 38.6 Å². The summed E-state index contributed by atoms with van der Waals surface area (Å²) in [5.41, 5.74) is 2.17. The van der Waals surface area contributed by atoms with E-state index < -0.39 is 0 Å². The average Bonchev–Trinajstić information content (AvgIpc) is 3.03. The van der Waals surface area contributed by atoms with Crippen LogP contribution in [0.1, 0.15) is 44.2 Å². The number of amides is 1. The van der Waals surface area contributed by atoms with Gasteiger partial charge < -0.3 is 4.90 Å². The molecule has 0 bridgehead atoms. The molecule has 25 heavy (non-hydrogen) atoms. The van der Waals surface area contributed by atoms with Gasteiger partial charge >= 0.3 is 0 Å². The minimum Gasteiger partial charge on any atom is -0.342 e. The zero-order valence-corrected chi connectivity index (χ0v) is 15.1. The number of hydrogen-bond acceptors (Lipinski definition) is 4. The number of rotatable bonds is 5. The molecule has 1 aromatic heterocycles. The van der Waals surface area contributed by atoms with Crippen molar-refractivity contribution in [2.24, 2.45) is 0 Å².